The van der Waals surface area contributed by atoms with E-state index in [2.05, 4.69) is 43.4 Å². The molecule has 1 rings (SSSR count). The van der Waals surface area contributed by atoms with Crippen molar-refractivity contribution in [1.29, 1.82) is 0 Å². The van der Waals surface area contributed by atoms with Gasteiger partial charge >= 0.3 is 0 Å². The van der Waals surface area contributed by atoms with Gasteiger partial charge in [-0.05, 0) is 37.6 Å². The van der Waals surface area contributed by atoms with Crippen LogP contribution in [0.15, 0.2) is 29.2 Å². The van der Waals surface area contributed by atoms with E-state index in [0.717, 1.165) is 19.5 Å². The van der Waals surface area contributed by atoms with Crippen LogP contribution in [0.25, 0.3) is 0 Å². The molecule has 0 aliphatic heterocycles. The molecule has 0 radical (unpaired) electrons. The third-order valence-corrected chi connectivity index (χ3v) is 3.56. The molecule has 0 bridgehead atoms. The van der Waals surface area contributed by atoms with Crippen LogP contribution < -0.4 is 5.32 Å². The Morgan fingerprint density at radius 1 is 1.22 bits per heavy atom. The third-order valence-electron chi connectivity index (χ3n) is 2.54. The highest BCUT2D eigenvalue weighted by molar-refractivity contribution is 7.99. The second-order valence-electron chi connectivity index (χ2n) is 4.76. The average molecular weight is 265 g/mol. The molecule has 2 nitrogen and oxygen atoms in total. The molecule has 3 heteroatoms. The monoisotopic (exact) mass is 265 g/mol. The summed E-state index contributed by atoms with van der Waals surface area (Å²) in [4.78, 5) is 12.1. The Kier molecular flexibility index (Phi) is 7.06. The fourth-order valence-corrected chi connectivity index (χ4v) is 2.47. The lowest BCUT2D eigenvalue weighted by Gasteiger charge is -2.07. The number of carbonyl (C=O) groups excluding carboxylic acids is 1. The van der Waals surface area contributed by atoms with E-state index in [9.17, 15) is 4.79 Å². The van der Waals surface area contributed by atoms with Gasteiger partial charge in [0.1, 0.15) is 5.78 Å². The Morgan fingerprint density at radius 2 is 1.89 bits per heavy atom. The molecular formula is C15H23NOS. The van der Waals surface area contributed by atoms with Crippen LogP contribution in [0.3, 0.4) is 0 Å². The van der Waals surface area contributed by atoms with Crippen molar-refractivity contribution in [2.24, 2.45) is 0 Å². The van der Waals surface area contributed by atoms with Gasteiger partial charge in [-0.15, -0.1) is 11.8 Å². The van der Waals surface area contributed by atoms with Crippen LogP contribution in [0, 0.1) is 0 Å². The molecule has 0 saturated heterocycles. The molecule has 0 atom stereocenters. The maximum Gasteiger partial charge on any atom is 0.131 e. The molecule has 0 heterocycles. The number of carbonyl (C=O) groups is 1. The summed E-state index contributed by atoms with van der Waals surface area (Å²) >= 11 is 1.89. The number of ketones is 1. The van der Waals surface area contributed by atoms with Gasteiger partial charge in [-0.1, -0.05) is 26.0 Å². The number of rotatable bonds is 8. The zero-order valence-corrected chi connectivity index (χ0v) is 12.3. The minimum atomic E-state index is 0.248. The summed E-state index contributed by atoms with van der Waals surface area (Å²) in [6.07, 6.45) is 1.65. The standard InChI is InChI=1S/C15H23NOS/c1-12(2)18-15-6-4-14(5-7-15)9-11-16-10-8-13(3)17/h4-7,12,16H,8-11H2,1-3H3. The highest BCUT2D eigenvalue weighted by Gasteiger charge is 1.99. The molecule has 0 unspecified atom stereocenters. The van der Waals surface area contributed by atoms with E-state index in [1.54, 1.807) is 6.92 Å². The molecule has 0 spiro atoms. The second kappa shape index (κ2) is 8.33. The zero-order chi connectivity index (χ0) is 13.4. The van der Waals surface area contributed by atoms with E-state index in [0.29, 0.717) is 11.7 Å². The highest BCUT2D eigenvalue weighted by Crippen LogP contribution is 2.22. The van der Waals surface area contributed by atoms with Crippen molar-refractivity contribution in [3.05, 3.63) is 29.8 Å². The first kappa shape index (κ1) is 15.3. The van der Waals surface area contributed by atoms with Crippen molar-refractivity contribution >= 4 is 17.5 Å². The molecule has 0 saturated carbocycles. The van der Waals surface area contributed by atoms with Gasteiger partial charge in [0.2, 0.25) is 0 Å². The summed E-state index contributed by atoms with van der Waals surface area (Å²) in [5, 5.41) is 3.91. The topological polar surface area (TPSA) is 29.1 Å². The quantitative estimate of drug-likeness (QED) is 0.577. The van der Waals surface area contributed by atoms with Gasteiger partial charge in [0.15, 0.2) is 0 Å². The van der Waals surface area contributed by atoms with Crippen molar-refractivity contribution in [2.45, 2.75) is 43.8 Å². The van der Waals surface area contributed by atoms with E-state index in [4.69, 9.17) is 0 Å². The number of benzene rings is 1. The summed E-state index contributed by atoms with van der Waals surface area (Å²) in [6, 6.07) is 8.76. The SMILES string of the molecule is CC(=O)CCNCCc1ccc(SC(C)C)cc1. The maximum atomic E-state index is 10.8. The van der Waals surface area contributed by atoms with Crippen LogP contribution >= 0.6 is 11.8 Å². The minimum absolute atomic E-state index is 0.248. The molecule has 0 aromatic heterocycles. The maximum absolute atomic E-state index is 10.8. The van der Waals surface area contributed by atoms with Gasteiger partial charge < -0.3 is 5.32 Å². The van der Waals surface area contributed by atoms with Crippen LogP contribution in [-0.2, 0) is 11.2 Å². The summed E-state index contributed by atoms with van der Waals surface area (Å²) in [6.45, 7) is 7.77. The number of hydrogen-bond donors (Lipinski definition) is 1. The van der Waals surface area contributed by atoms with Gasteiger partial charge in [0, 0.05) is 23.1 Å². The predicted molar refractivity (Wildman–Crippen MR) is 79.3 cm³/mol. The summed E-state index contributed by atoms with van der Waals surface area (Å²) < 4.78 is 0. The Morgan fingerprint density at radius 3 is 2.44 bits per heavy atom. The van der Waals surface area contributed by atoms with Crippen molar-refractivity contribution < 1.29 is 4.79 Å². The molecule has 1 aromatic rings. The van der Waals surface area contributed by atoms with Crippen LogP contribution in [-0.4, -0.2) is 24.1 Å². The molecule has 18 heavy (non-hydrogen) atoms. The van der Waals surface area contributed by atoms with E-state index in [-0.39, 0.29) is 5.78 Å². The molecule has 100 valence electrons. The molecule has 1 N–H and O–H groups in total. The van der Waals surface area contributed by atoms with Crippen molar-refractivity contribution in [1.82, 2.24) is 5.32 Å². The van der Waals surface area contributed by atoms with E-state index in [1.807, 2.05) is 11.8 Å². The zero-order valence-electron chi connectivity index (χ0n) is 11.5. The predicted octanol–water partition coefficient (Wildman–Crippen LogP) is 3.30. The van der Waals surface area contributed by atoms with Crippen molar-refractivity contribution in [2.75, 3.05) is 13.1 Å². The smallest absolute Gasteiger partial charge is 0.131 e. The Hall–Kier alpha value is -0.800. The first-order valence-electron chi connectivity index (χ1n) is 6.53. The van der Waals surface area contributed by atoms with Gasteiger partial charge in [0.05, 0.1) is 0 Å². The molecule has 0 fully saturated rings. The van der Waals surface area contributed by atoms with Crippen molar-refractivity contribution in [3.63, 3.8) is 0 Å². The van der Waals surface area contributed by atoms with Crippen LogP contribution in [0.2, 0.25) is 0 Å². The number of hydrogen-bond acceptors (Lipinski definition) is 3. The molecule has 0 aliphatic carbocycles. The second-order valence-corrected chi connectivity index (χ2v) is 6.41. The summed E-state index contributed by atoms with van der Waals surface area (Å²) in [5.74, 6) is 0.248. The number of nitrogens with one attached hydrogen (secondary N) is 1. The largest absolute Gasteiger partial charge is 0.316 e. The molecule has 0 amide bonds. The lowest BCUT2D eigenvalue weighted by molar-refractivity contribution is -0.116. The normalized spacial score (nSPS) is 10.9. The molecular weight excluding hydrogens is 242 g/mol. The van der Waals surface area contributed by atoms with Crippen molar-refractivity contribution in [3.8, 4) is 0 Å². The molecule has 0 aliphatic rings. The van der Waals surface area contributed by atoms with Crippen LogP contribution in [0.5, 0.6) is 0 Å². The lowest BCUT2D eigenvalue weighted by Crippen LogP contribution is -2.20. The fourth-order valence-electron chi connectivity index (χ4n) is 1.63. The van der Waals surface area contributed by atoms with Crippen LogP contribution in [0.1, 0.15) is 32.8 Å². The average Bonchev–Trinajstić information content (AvgIpc) is 2.30. The first-order valence-corrected chi connectivity index (χ1v) is 7.41. The van der Waals surface area contributed by atoms with E-state index in [1.165, 1.54) is 10.5 Å². The van der Waals surface area contributed by atoms with Gasteiger partial charge in [-0.3, -0.25) is 4.79 Å². The van der Waals surface area contributed by atoms with Gasteiger partial charge in [-0.25, -0.2) is 0 Å². The van der Waals surface area contributed by atoms with E-state index < -0.39 is 0 Å². The molecule has 1 aromatic carbocycles. The highest BCUT2D eigenvalue weighted by atomic mass is 32.2. The number of thioether (sulfide) groups is 1. The first-order chi connectivity index (χ1) is 8.58. The summed E-state index contributed by atoms with van der Waals surface area (Å²) in [7, 11) is 0. The van der Waals surface area contributed by atoms with Gasteiger partial charge in [-0.2, -0.15) is 0 Å². The van der Waals surface area contributed by atoms with E-state index >= 15 is 0 Å². The Bertz CT molecular complexity index is 359. The summed E-state index contributed by atoms with van der Waals surface area (Å²) in [5.41, 5.74) is 1.35. The Balaban J connectivity index is 2.24. The third kappa shape index (κ3) is 6.82. The fraction of sp³-hybridized carbons (Fsp3) is 0.533. The lowest BCUT2D eigenvalue weighted by atomic mass is 10.1. The van der Waals surface area contributed by atoms with Crippen LogP contribution in [0.4, 0.5) is 0 Å². The minimum Gasteiger partial charge on any atom is -0.316 e. The number of Topliss-reactive ketones (excluding diaryl/α,β-unsaturated/α-hetero) is 1. The van der Waals surface area contributed by atoms with Gasteiger partial charge in [0.25, 0.3) is 0 Å². The Labute approximate surface area is 115 Å².